The van der Waals surface area contributed by atoms with E-state index in [9.17, 15) is 4.79 Å². The Morgan fingerprint density at radius 1 is 1.26 bits per heavy atom. The van der Waals surface area contributed by atoms with Gasteiger partial charge in [-0.25, -0.2) is 0 Å². The molecule has 0 spiro atoms. The molecule has 1 aromatic heterocycles. The van der Waals surface area contributed by atoms with Gasteiger partial charge in [0.15, 0.2) is 5.43 Å². The second-order valence-electron chi connectivity index (χ2n) is 5.13. The van der Waals surface area contributed by atoms with Crippen LogP contribution in [0.3, 0.4) is 0 Å². The van der Waals surface area contributed by atoms with Gasteiger partial charge in [-0.2, -0.15) is 0 Å². The van der Waals surface area contributed by atoms with Crippen molar-refractivity contribution in [2.45, 2.75) is 46.5 Å². The molecule has 4 nitrogen and oxygen atoms in total. The number of rotatable bonds is 7. The van der Waals surface area contributed by atoms with E-state index in [2.05, 4.69) is 0 Å². The van der Waals surface area contributed by atoms with E-state index in [1.54, 1.807) is 13.8 Å². The van der Waals surface area contributed by atoms with Gasteiger partial charge in [0.2, 0.25) is 0 Å². The van der Waals surface area contributed by atoms with Crippen molar-refractivity contribution in [2.75, 3.05) is 13.7 Å². The van der Waals surface area contributed by atoms with Gasteiger partial charge in [-0.15, -0.1) is 0 Å². The van der Waals surface area contributed by atoms with Crippen molar-refractivity contribution in [1.82, 2.24) is 0 Å². The summed E-state index contributed by atoms with van der Waals surface area (Å²) < 4.78 is 10.7. The molecule has 0 aromatic carbocycles. The van der Waals surface area contributed by atoms with E-state index in [1.165, 1.54) is 7.11 Å². The predicted molar refractivity (Wildman–Crippen MR) is 74.8 cm³/mol. The number of hydrogen-bond donors (Lipinski definition) is 1. The lowest BCUT2D eigenvalue weighted by Crippen LogP contribution is -2.13. The van der Waals surface area contributed by atoms with Crippen LogP contribution >= 0.6 is 0 Å². The van der Waals surface area contributed by atoms with Gasteiger partial charge in [-0.05, 0) is 32.6 Å². The Hall–Kier alpha value is -1.29. The van der Waals surface area contributed by atoms with Crippen molar-refractivity contribution in [3.8, 4) is 5.95 Å². The summed E-state index contributed by atoms with van der Waals surface area (Å²) >= 11 is 0. The lowest BCUT2D eigenvalue weighted by Gasteiger charge is -2.10. The fourth-order valence-electron chi connectivity index (χ4n) is 2.07. The van der Waals surface area contributed by atoms with Gasteiger partial charge in [0.05, 0.1) is 12.7 Å². The molecule has 0 bridgehead atoms. The van der Waals surface area contributed by atoms with Gasteiger partial charge in [-0.1, -0.05) is 13.3 Å². The molecular formula is C15H24O4. The van der Waals surface area contributed by atoms with E-state index < -0.39 is 0 Å². The molecule has 1 atom stereocenters. The van der Waals surface area contributed by atoms with Crippen LogP contribution in [0.25, 0.3) is 0 Å². The third-order valence-electron chi connectivity index (χ3n) is 3.47. The van der Waals surface area contributed by atoms with Gasteiger partial charge in [0.1, 0.15) is 5.76 Å². The smallest absolute Gasteiger partial charge is 0.291 e. The van der Waals surface area contributed by atoms with Crippen LogP contribution < -0.4 is 10.2 Å². The summed E-state index contributed by atoms with van der Waals surface area (Å²) in [6.07, 6.45) is 3.68. The maximum Gasteiger partial charge on any atom is 0.291 e. The number of ether oxygens (including phenoxy) is 1. The Balaban J connectivity index is 2.69. The molecule has 0 radical (unpaired) electrons. The highest BCUT2D eigenvalue weighted by Crippen LogP contribution is 2.20. The minimum Gasteiger partial charge on any atom is -0.468 e. The average molecular weight is 268 g/mol. The monoisotopic (exact) mass is 268 g/mol. The average Bonchev–Trinajstić information content (AvgIpc) is 2.42. The van der Waals surface area contributed by atoms with Crippen LogP contribution in [0.2, 0.25) is 0 Å². The third-order valence-corrected chi connectivity index (χ3v) is 3.47. The zero-order valence-electron chi connectivity index (χ0n) is 12.3. The molecule has 1 rings (SSSR count). The Morgan fingerprint density at radius 2 is 1.95 bits per heavy atom. The predicted octanol–water partition coefficient (Wildman–Crippen LogP) is 2.61. The van der Waals surface area contributed by atoms with Gasteiger partial charge in [0.25, 0.3) is 5.95 Å². The summed E-state index contributed by atoms with van der Waals surface area (Å²) in [5, 5.41) is 8.95. The Labute approximate surface area is 114 Å². The molecule has 0 amide bonds. The molecule has 108 valence electrons. The van der Waals surface area contributed by atoms with Gasteiger partial charge >= 0.3 is 0 Å². The molecule has 1 aromatic rings. The summed E-state index contributed by atoms with van der Waals surface area (Å²) in [5.74, 6) is 1.36. The first-order chi connectivity index (χ1) is 9.01. The van der Waals surface area contributed by atoms with Crippen molar-refractivity contribution in [3.05, 3.63) is 27.1 Å². The second kappa shape index (κ2) is 7.34. The molecular weight excluding hydrogens is 244 g/mol. The highest BCUT2D eigenvalue weighted by molar-refractivity contribution is 5.29. The first-order valence-corrected chi connectivity index (χ1v) is 6.79. The second-order valence-corrected chi connectivity index (χ2v) is 5.13. The van der Waals surface area contributed by atoms with E-state index in [4.69, 9.17) is 14.3 Å². The fourth-order valence-corrected chi connectivity index (χ4v) is 2.07. The molecule has 0 saturated carbocycles. The number of aliphatic hydroxyl groups excluding tert-OH is 1. The van der Waals surface area contributed by atoms with Crippen LogP contribution in [0.5, 0.6) is 5.95 Å². The first kappa shape index (κ1) is 15.8. The van der Waals surface area contributed by atoms with Crippen molar-refractivity contribution in [3.63, 3.8) is 0 Å². The van der Waals surface area contributed by atoms with E-state index in [1.807, 2.05) is 6.92 Å². The molecule has 0 fully saturated rings. The minimum absolute atomic E-state index is 0.00169. The Kier molecular flexibility index (Phi) is 6.09. The number of hydrogen-bond acceptors (Lipinski definition) is 4. The summed E-state index contributed by atoms with van der Waals surface area (Å²) in [5.41, 5.74) is 1.20. The highest BCUT2D eigenvalue weighted by Gasteiger charge is 2.13. The number of aliphatic hydroxyl groups is 1. The molecule has 4 heteroatoms. The van der Waals surface area contributed by atoms with E-state index in [-0.39, 0.29) is 12.0 Å². The van der Waals surface area contributed by atoms with Crippen LogP contribution in [0.1, 0.15) is 43.1 Å². The normalized spacial score (nSPS) is 12.5. The maximum atomic E-state index is 12.0. The molecule has 0 aliphatic rings. The zero-order chi connectivity index (χ0) is 14.4. The molecule has 0 aliphatic carbocycles. The van der Waals surface area contributed by atoms with Crippen molar-refractivity contribution in [1.29, 1.82) is 0 Å². The fraction of sp³-hybridized carbons (Fsp3) is 0.667. The Bertz CT molecular complexity index is 462. The van der Waals surface area contributed by atoms with Crippen LogP contribution in [-0.2, 0) is 6.42 Å². The molecule has 1 N–H and O–H groups in total. The third kappa shape index (κ3) is 4.10. The lowest BCUT2D eigenvalue weighted by atomic mass is 10.0. The van der Waals surface area contributed by atoms with Crippen molar-refractivity contribution in [2.24, 2.45) is 5.92 Å². The van der Waals surface area contributed by atoms with Gasteiger partial charge in [-0.3, -0.25) is 4.79 Å². The summed E-state index contributed by atoms with van der Waals surface area (Å²) in [4.78, 5) is 12.0. The molecule has 0 saturated heterocycles. The van der Waals surface area contributed by atoms with Gasteiger partial charge in [0, 0.05) is 18.6 Å². The quantitative estimate of drug-likeness (QED) is 0.772. The van der Waals surface area contributed by atoms with Crippen molar-refractivity contribution < 1.29 is 14.3 Å². The number of unbranched alkanes of at least 4 members (excludes halogenated alkanes) is 1. The molecule has 1 heterocycles. The van der Waals surface area contributed by atoms with Crippen molar-refractivity contribution >= 4 is 0 Å². The highest BCUT2D eigenvalue weighted by atomic mass is 16.6. The van der Waals surface area contributed by atoms with E-state index in [0.717, 1.165) is 25.7 Å². The lowest BCUT2D eigenvalue weighted by molar-refractivity contribution is 0.227. The topological polar surface area (TPSA) is 59.7 Å². The standard InChI is InChI=1S/C15H24O4/c1-10(9-16)7-5-6-8-13-11(2)14(17)12(3)15(18-4)19-13/h10,16H,5-9H2,1-4H3/t10-/m0/s1. The first-order valence-electron chi connectivity index (χ1n) is 6.79. The minimum atomic E-state index is 0.00169. The largest absolute Gasteiger partial charge is 0.468 e. The van der Waals surface area contributed by atoms with Crippen LogP contribution in [-0.4, -0.2) is 18.8 Å². The van der Waals surface area contributed by atoms with E-state index in [0.29, 0.717) is 28.8 Å². The van der Waals surface area contributed by atoms with Crippen LogP contribution in [0.4, 0.5) is 0 Å². The summed E-state index contributed by atoms with van der Waals surface area (Å²) in [7, 11) is 1.51. The Morgan fingerprint density at radius 3 is 2.53 bits per heavy atom. The molecule has 19 heavy (non-hydrogen) atoms. The molecule has 0 unspecified atom stereocenters. The van der Waals surface area contributed by atoms with E-state index >= 15 is 0 Å². The van der Waals surface area contributed by atoms with Gasteiger partial charge < -0.3 is 14.3 Å². The SMILES string of the molecule is COc1oc(CCCC[C@H](C)CO)c(C)c(=O)c1C. The number of aryl methyl sites for hydroxylation is 1. The molecule has 0 aliphatic heterocycles. The summed E-state index contributed by atoms with van der Waals surface area (Å²) in [6.45, 7) is 5.76. The van der Waals surface area contributed by atoms with Crippen LogP contribution in [0, 0.1) is 19.8 Å². The van der Waals surface area contributed by atoms with Crippen LogP contribution in [0.15, 0.2) is 9.21 Å². The summed E-state index contributed by atoms with van der Waals surface area (Å²) in [6, 6.07) is 0. The maximum absolute atomic E-state index is 12.0. The zero-order valence-corrected chi connectivity index (χ0v) is 12.3. The number of methoxy groups -OCH3 is 1.